The summed E-state index contributed by atoms with van der Waals surface area (Å²) in [4.78, 5) is 10.5. The second kappa shape index (κ2) is 12.3. The van der Waals surface area contributed by atoms with Crippen LogP contribution in [0.25, 0.3) is 132 Å². The molecule has 0 spiro atoms. The van der Waals surface area contributed by atoms with Crippen LogP contribution in [0.2, 0.25) is 0 Å². The highest BCUT2D eigenvalue weighted by Gasteiger charge is 2.18. The van der Waals surface area contributed by atoms with E-state index in [-0.39, 0.29) is 0 Å². The molecule has 2 aromatic heterocycles. The van der Waals surface area contributed by atoms with Crippen molar-refractivity contribution in [2.75, 3.05) is 0 Å². The van der Waals surface area contributed by atoms with E-state index in [4.69, 9.17) is 14.4 Å². The van der Waals surface area contributed by atoms with Gasteiger partial charge >= 0.3 is 0 Å². The SMILES string of the molecule is c1ccc(-c2nc(-c3ccc(-c4ccc5c(c4)oc4ccccc45)cc3)cc(-c3cc4ccc5cccc6c7cccc8ccc9cccc(c(c3)c4c56)c9c87)n2)cc1. The summed E-state index contributed by atoms with van der Waals surface area (Å²) in [6.45, 7) is 0. The first-order valence-corrected chi connectivity index (χ1v) is 20.1. The number of nitrogens with zero attached hydrogens (tertiary/aromatic N) is 2. The summed E-state index contributed by atoms with van der Waals surface area (Å²) in [5.74, 6) is 0.696. The predicted molar refractivity (Wildman–Crippen MR) is 247 cm³/mol. The van der Waals surface area contributed by atoms with Gasteiger partial charge in [0.25, 0.3) is 0 Å². The maximum absolute atomic E-state index is 6.23. The van der Waals surface area contributed by atoms with Crippen molar-refractivity contribution < 1.29 is 4.42 Å². The Morgan fingerprint density at radius 3 is 1.49 bits per heavy atom. The molecule has 0 bridgehead atoms. The van der Waals surface area contributed by atoms with Crippen LogP contribution in [0, 0.1) is 0 Å². The number of para-hydroxylation sites is 1. The molecule has 3 heteroatoms. The van der Waals surface area contributed by atoms with Crippen LogP contribution < -0.4 is 0 Å². The molecule has 0 saturated carbocycles. The third-order valence-corrected chi connectivity index (χ3v) is 12.4. The largest absolute Gasteiger partial charge is 0.456 e. The Morgan fingerprint density at radius 2 is 0.797 bits per heavy atom. The van der Waals surface area contributed by atoms with Gasteiger partial charge in [0.1, 0.15) is 11.2 Å². The van der Waals surface area contributed by atoms with E-state index in [1.54, 1.807) is 0 Å². The first kappa shape index (κ1) is 32.2. The number of hydrogen-bond acceptors (Lipinski definition) is 3. The van der Waals surface area contributed by atoms with Gasteiger partial charge in [-0.25, -0.2) is 9.97 Å². The Balaban J connectivity index is 1.04. The van der Waals surface area contributed by atoms with E-state index in [9.17, 15) is 0 Å². The van der Waals surface area contributed by atoms with Gasteiger partial charge in [-0.2, -0.15) is 0 Å². The van der Waals surface area contributed by atoms with Crippen molar-refractivity contribution in [2.45, 2.75) is 0 Å². The summed E-state index contributed by atoms with van der Waals surface area (Å²) >= 11 is 0. The van der Waals surface area contributed by atoms with Gasteiger partial charge in [0.05, 0.1) is 11.4 Å². The van der Waals surface area contributed by atoms with Crippen LogP contribution >= 0.6 is 0 Å². The van der Waals surface area contributed by atoms with Gasteiger partial charge in [0.15, 0.2) is 5.82 Å². The lowest BCUT2D eigenvalue weighted by Gasteiger charge is -2.17. The third kappa shape index (κ3) is 4.89. The maximum atomic E-state index is 6.23. The summed E-state index contributed by atoms with van der Waals surface area (Å²) in [6.07, 6.45) is 0. The second-order valence-electron chi connectivity index (χ2n) is 15.7. The normalized spacial score (nSPS) is 12.1. The second-order valence-corrected chi connectivity index (χ2v) is 15.7. The standard InChI is InChI=1S/C56H32N2O/c1-2-9-38(10-3-1)56-57-48(34-21-19-33(20-22-34)39-27-28-43-42-14-4-5-18-50(42)59-51(43)31-39)32-49(58-56)41-29-40-26-25-37-12-7-16-45-44-15-6-11-35-23-24-36-13-8-17-46(54(36)52(35)44)47(30-41)55(40)53(37)45/h1-32H. The fourth-order valence-corrected chi connectivity index (χ4v) is 9.63. The van der Waals surface area contributed by atoms with Gasteiger partial charge in [-0.3, -0.25) is 0 Å². The minimum absolute atomic E-state index is 0.696. The minimum Gasteiger partial charge on any atom is -0.456 e. The van der Waals surface area contributed by atoms with Crippen molar-refractivity contribution in [3.8, 4) is 45.0 Å². The van der Waals surface area contributed by atoms with Crippen molar-refractivity contribution in [3.05, 3.63) is 194 Å². The number of aromatic nitrogens is 2. The fourth-order valence-electron chi connectivity index (χ4n) is 9.63. The Kier molecular flexibility index (Phi) is 6.72. The molecule has 59 heavy (non-hydrogen) atoms. The van der Waals surface area contributed by atoms with Crippen LogP contribution in [-0.4, -0.2) is 9.97 Å². The lowest BCUT2D eigenvalue weighted by atomic mass is 9.87. The summed E-state index contributed by atoms with van der Waals surface area (Å²) < 4.78 is 6.23. The van der Waals surface area contributed by atoms with E-state index in [0.717, 1.165) is 61.1 Å². The topological polar surface area (TPSA) is 38.9 Å². The molecule has 13 rings (SSSR count). The van der Waals surface area contributed by atoms with Crippen LogP contribution in [0.1, 0.15) is 0 Å². The first-order chi connectivity index (χ1) is 29.2. The van der Waals surface area contributed by atoms with E-state index in [2.05, 4.69) is 164 Å². The van der Waals surface area contributed by atoms with Crippen LogP contribution in [0.3, 0.4) is 0 Å². The number of benzene rings is 10. The van der Waals surface area contributed by atoms with Crippen LogP contribution in [-0.2, 0) is 0 Å². The number of hydrogen-bond donors (Lipinski definition) is 0. The molecule has 272 valence electrons. The average molecular weight is 749 g/mol. The Hall–Kier alpha value is -7.88. The minimum atomic E-state index is 0.696. The Bertz CT molecular complexity index is 3820. The highest BCUT2D eigenvalue weighted by molar-refractivity contribution is 6.37. The molecule has 0 N–H and O–H groups in total. The third-order valence-electron chi connectivity index (χ3n) is 12.4. The van der Waals surface area contributed by atoms with Gasteiger partial charge in [0.2, 0.25) is 0 Å². The van der Waals surface area contributed by atoms with Gasteiger partial charge in [-0.1, -0.05) is 158 Å². The van der Waals surface area contributed by atoms with Gasteiger partial charge in [-0.15, -0.1) is 0 Å². The van der Waals surface area contributed by atoms with E-state index < -0.39 is 0 Å². The summed E-state index contributed by atoms with van der Waals surface area (Å²) in [7, 11) is 0. The summed E-state index contributed by atoms with van der Waals surface area (Å²) in [6, 6.07) is 69.9. The zero-order valence-electron chi connectivity index (χ0n) is 31.8. The fraction of sp³-hybridized carbons (Fsp3) is 0. The predicted octanol–water partition coefficient (Wildman–Crippen LogP) is 15.4. The molecule has 0 aliphatic heterocycles. The highest BCUT2D eigenvalue weighted by atomic mass is 16.3. The molecule has 3 nitrogen and oxygen atoms in total. The Morgan fingerprint density at radius 1 is 0.271 bits per heavy atom. The van der Waals surface area contributed by atoms with Gasteiger partial charge in [0, 0.05) is 27.5 Å². The monoisotopic (exact) mass is 748 g/mol. The smallest absolute Gasteiger partial charge is 0.160 e. The van der Waals surface area contributed by atoms with Crippen molar-refractivity contribution in [1.82, 2.24) is 9.97 Å². The van der Waals surface area contributed by atoms with Crippen molar-refractivity contribution in [1.29, 1.82) is 0 Å². The molecular formula is C56H32N2O. The molecule has 0 amide bonds. The highest BCUT2D eigenvalue weighted by Crippen LogP contribution is 2.45. The van der Waals surface area contributed by atoms with Crippen LogP contribution in [0.15, 0.2) is 199 Å². The molecule has 13 aromatic rings. The number of furan rings is 1. The summed E-state index contributed by atoms with van der Waals surface area (Å²) in [5.41, 5.74) is 8.84. The molecule has 0 unspecified atom stereocenters. The molecule has 11 aromatic carbocycles. The molecule has 0 atom stereocenters. The molecule has 0 aliphatic carbocycles. The van der Waals surface area contributed by atoms with E-state index >= 15 is 0 Å². The van der Waals surface area contributed by atoms with Crippen LogP contribution in [0.5, 0.6) is 0 Å². The van der Waals surface area contributed by atoms with Crippen molar-refractivity contribution in [2.24, 2.45) is 0 Å². The molecule has 2 heterocycles. The lowest BCUT2D eigenvalue weighted by Crippen LogP contribution is -1.96. The zero-order chi connectivity index (χ0) is 38.6. The van der Waals surface area contributed by atoms with Gasteiger partial charge < -0.3 is 4.42 Å². The number of fused-ring (bicyclic) bond motifs is 5. The molecule has 0 saturated heterocycles. The van der Waals surface area contributed by atoms with E-state index in [1.165, 1.54) is 64.6 Å². The van der Waals surface area contributed by atoms with Gasteiger partial charge in [-0.05, 0) is 112 Å². The quantitative estimate of drug-likeness (QED) is 0.168. The van der Waals surface area contributed by atoms with Crippen molar-refractivity contribution in [3.63, 3.8) is 0 Å². The summed E-state index contributed by atoms with van der Waals surface area (Å²) in [5, 5.41) is 17.3. The molecular weight excluding hydrogens is 717 g/mol. The van der Waals surface area contributed by atoms with E-state index in [0.29, 0.717) is 5.82 Å². The maximum Gasteiger partial charge on any atom is 0.160 e. The average Bonchev–Trinajstić information content (AvgIpc) is 3.68. The van der Waals surface area contributed by atoms with Crippen molar-refractivity contribution >= 4 is 86.6 Å². The Labute approximate surface area is 338 Å². The molecule has 0 fully saturated rings. The molecule has 0 aliphatic rings. The van der Waals surface area contributed by atoms with E-state index in [1.807, 2.05) is 30.3 Å². The van der Waals surface area contributed by atoms with Crippen LogP contribution in [0.4, 0.5) is 0 Å². The number of rotatable bonds is 4. The zero-order valence-corrected chi connectivity index (χ0v) is 31.8. The molecule has 0 radical (unpaired) electrons. The lowest BCUT2D eigenvalue weighted by molar-refractivity contribution is 0.669. The first-order valence-electron chi connectivity index (χ1n) is 20.1.